The Bertz CT molecular complexity index is 390. The first-order valence-corrected chi connectivity index (χ1v) is 9.01. The van der Waals surface area contributed by atoms with E-state index in [0.29, 0.717) is 32.6 Å². The Hall–Kier alpha value is -0.660. The average molecular weight is 305 g/mol. The van der Waals surface area contributed by atoms with Crippen molar-refractivity contribution < 1.29 is 13.2 Å². The maximum atomic E-state index is 12.0. The molecule has 1 aliphatic rings. The lowest BCUT2D eigenvalue weighted by molar-refractivity contribution is -0.132. The van der Waals surface area contributed by atoms with E-state index in [9.17, 15) is 13.2 Å². The van der Waals surface area contributed by atoms with Crippen LogP contribution in [-0.2, 0) is 15.0 Å². The third-order valence-corrected chi connectivity index (χ3v) is 4.78. The smallest absolute Gasteiger partial charge is 0.277 e. The molecule has 2 N–H and O–H groups in total. The van der Waals surface area contributed by atoms with E-state index in [4.69, 9.17) is 5.14 Å². The van der Waals surface area contributed by atoms with Crippen molar-refractivity contribution in [2.45, 2.75) is 51.9 Å². The van der Waals surface area contributed by atoms with E-state index >= 15 is 0 Å². The average Bonchev–Trinajstić information content (AvgIpc) is 2.41. The second kappa shape index (κ2) is 8.59. The molecular formula is C13H27N3O3S. The van der Waals surface area contributed by atoms with Gasteiger partial charge in [-0.1, -0.05) is 39.0 Å². The summed E-state index contributed by atoms with van der Waals surface area (Å²) < 4.78 is 23.5. The predicted octanol–water partition coefficient (Wildman–Crippen LogP) is 1.08. The molecule has 1 heterocycles. The summed E-state index contributed by atoms with van der Waals surface area (Å²) in [5.74, 6) is 0.134. The number of unbranched alkanes of at least 4 members (excludes halogenated alkanes) is 5. The number of nitrogens with zero attached hydrogens (tertiary/aromatic N) is 2. The standard InChI is InChI=1S/C13H27N3O3S/c1-2-3-4-5-6-7-8-13(17)15-9-11-16(12-10-15)20(14,18)19/h2-12H2,1H3,(H2,14,18,19). The Morgan fingerprint density at radius 3 is 2.10 bits per heavy atom. The van der Waals surface area contributed by atoms with Crippen molar-refractivity contribution in [3.63, 3.8) is 0 Å². The van der Waals surface area contributed by atoms with Crippen LogP contribution in [0.5, 0.6) is 0 Å². The van der Waals surface area contributed by atoms with E-state index in [1.165, 1.54) is 30.0 Å². The third kappa shape index (κ3) is 6.19. The molecule has 6 nitrogen and oxygen atoms in total. The molecule has 0 unspecified atom stereocenters. The molecule has 7 heteroatoms. The van der Waals surface area contributed by atoms with E-state index in [0.717, 1.165) is 12.8 Å². The van der Waals surface area contributed by atoms with Crippen molar-refractivity contribution in [2.24, 2.45) is 5.14 Å². The highest BCUT2D eigenvalue weighted by Crippen LogP contribution is 2.10. The van der Waals surface area contributed by atoms with Gasteiger partial charge in [0, 0.05) is 32.6 Å². The molecule has 0 bridgehead atoms. The van der Waals surface area contributed by atoms with Crippen LogP contribution < -0.4 is 5.14 Å². The van der Waals surface area contributed by atoms with E-state index < -0.39 is 10.2 Å². The lowest BCUT2D eigenvalue weighted by Gasteiger charge is -2.33. The van der Waals surface area contributed by atoms with Crippen LogP contribution in [0.2, 0.25) is 0 Å². The fourth-order valence-corrected chi connectivity index (χ4v) is 3.08. The summed E-state index contributed by atoms with van der Waals surface area (Å²) in [5, 5.41) is 5.06. The molecule has 0 aromatic carbocycles. The number of piperazine rings is 1. The van der Waals surface area contributed by atoms with Crippen molar-refractivity contribution in [1.82, 2.24) is 9.21 Å². The normalized spacial score (nSPS) is 17.4. The summed E-state index contributed by atoms with van der Waals surface area (Å²) in [7, 11) is -3.61. The quantitative estimate of drug-likeness (QED) is 0.681. The second-order valence-corrected chi connectivity index (χ2v) is 6.89. The van der Waals surface area contributed by atoms with Crippen LogP contribution in [0.4, 0.5) is 0 Å². The molecule has 0 radical (unpaired) electrons. The minimum absolute atomic E-state index is 0.134. The number of hydrogen-bond donors (Lipinski definition) is 1. The Labute approximate surface area is 122 Å². The molecule has 0 aromatic rings. The fraction of sp³-hybridized carbons (Fsp3) is 0.923. The molecule has 1 aliphatic heterocycles. The SMILES string of the molecule is CCCCCCCCC(=O)N1CCN(S(N)(=O)=O)CC1. The summed E-state index contributed by atoms with van der Waals surface area (Å²) in [5.41, 5.74) is 0. The molecule has 20 heavy (non-hydrogen) atoms. The van der Waals surface area contributed by atoms with Crippen LogP contribution in [0.25, 0.3) is 0 Å². The van der Waals surface area contributed by atoms with Gasteiger partial charge in [0.2, 0.25) is 5.91 Å². The summed E-state index contributed by atoms with van der Waals surface area (Å²) in [6.07, 6.45) is 7.54. The maximum absolute atomic E-state index is 12.0. The summed E-state index contributed by atoms with van der Waals surface area (Å²) in [4.78, 5) is 13.7. The summed E-state index contributed by atoms with van der Waals surface area (Å²) in [6, 6.07) is 0. The van der Waals surface area contributed by atoms with Crippen LogP contribution in [0, 0.1) is 0 Å². The first-order chi connectivity index (χ1) is 9.45. The first-order valence-electron chi connectivity index (χ1n) is 7.50. The minimum Gasteiger partial charge on any atom is -0.340 e. The number of amides is 1. The van der Waals surface area contributed by atoms with Gasteiger partial charge >= 0.3 is 0 Å². The van der Waals surface area contributed by atoms with Gasteiger partial charge in [0.1, 0.15) is 0 Å². The van der Waals surface area contributed by atoms with Crippen molar-refractivity contribution in [3.05, 3.63) is 0 Å². The van der Waals surface area contributed by atoms with Crippen LogP contribution in [0.15, 0.2) is 0 Å². The molecule has 0 spiro atoms. The van der Waals surface area contributed by atoms with Gasteiger partial charge in [-0.15, -0.1) is 0 Å². The summed E-state index contributed by atoms with van der Waals surface area (Å²) >= 11 is 0. The highest BCUT2D eigenvalue weighted by Gasteiger charge is 2.25. The van der Waals surface area contributed by atoms with Crippen LogP contribution in [0.1, 0.15) is 51.9 Å². The van der Waals surface area contributed by atoms with Gasteiger partial charge < -0.3 is 4.90 Å². The zero-order chi connectivity index (χ0) is 15.0. The van der Waals surface area contributed by atoms with Crippen molar-refractivity contribution in [1.29, 1.82) is 0 Å². The lowest BCUT2D eigenvalue weighted by atomic mass is 10.1. The largest absolute Gasteiger partial charge is 0.340 e. The van der Waals surface area contributed by atoms with Crippen LogP contribution in [-0.4, -0.2) is 49.7 Å². The van der Waals surface area contributed by atoms with Gasteiger partial charge in [0.15, 0.2) is 0 Å². The number of hydrogen-bond acceptors (Lipinski definition) is 3. The Kier molecular flexibility index (Phi) is 7.47. The monoisotopic (exact) mass is 305 g/mol. The zero-order valence-corrected chi connectivity index (χ0v) is 13.2. The minimum atomic E-state index is -3.61. The first kappa shape index (κ1) is 17.4. The topological polar surface area (TPSA) is 83.7 Å². The highest BCUT2D eigenvalue weighted by molar-refractivity contribution is 7.86. The van der Waals surface area contributed by atoms with Gasteiger partial charge in [-0.25, -0.2) is 5.14 Å². The van der Waals surface area contributed by atoms with E-state index in [2.05, 4.69) is 6.92 Å². The van der Waals surface area contributed by atoms with E-state index in [-0.39, 0.29) is 5.91 Å². The van der Waals surface area contributed by atoms with E-state index in [1.807, 2.05) is 0 Å². The predicted molar refractivity (Wildman–Crippen MR) is 79.3 cm³/mol. The van der Waals surface area contributed by atoms with Gasteiger partial charge in [-0.05, 0) is 6.42 Å². The third-order valence-electron chi connectivity index (χ3n) is 3.70. The molecule has 0 aromatic heterocycles. The molecular weight excluding hydrogens is 278 g/mol. The molecule has 1 rings (SSSR count). The molecule has 1 amide bonds. The Balaban J connectivity index is 2.16. The zero-order valence-electron chi connectivity index (χ0n) is 12.4. The molecule has 118 valence electrons. The second-order valence-electron chi connectivity index (χ2n) is 5.34. The van der Waals surface area contributed by atoms with Gasteiger partial charge in [-0.3, -0.25) is 4.79 Å². The number of nitrogens with two attached hydrogens (primary N) is 1. The van der Waals surface area contributed by atoms with E-state index in [1.54, 1.807) is 4.90 Å². The maximum Gasteiger partial charge on any atom is 0.277 e. The molecule has 0 aliphatic carbocycles. The van der Waals surface area contributed by atoms with Crippen LogP contribution in [0.3, 0.4) is 0 Å². The Morgan fingerprint density at radius 1 is 1.00 bits per heavy atom. The van der Waals surface area contributed by atoms with Gasteiger partial charge in [0.05, 0.1) is 0 Å². The molecule has 1 saturated heterocycles. The fourth-order valence-electron chi connectivity index (χ4n) is 2.41. The number of rotatable bonds is 8. The van der Waals surface area contributed by atoms with Crippen molar-refractivity contribution in [2.75, 3.05) is 26.2 Å². The summed E-state index contributed by atoms with van der Waals surface area (Å²) in [6.45, 7) is 3.70. The molecule has 0 saturated carbocycles. The number of carbonyl (C=O) groups is 1. The molecule has 0 atom stereocenters. The van der Waals surface area contributed by atoms with Gasteiger partial charge in [-0.2, -0.15) is 12.7 Å². The Morgan fingerprint density at radius 2 is 1.55 bits per heavy atom. The highest BCUT2D eigenvalue weighted by atomic mass is 32.2. The van der Waals surface area contributed by atoms with Crippen molar-refractivity contribution >= 4 is 16.1 Å². The van der Waals surface area contributed by atoms with Gasteiger partial charge in [0.25, 0.3) is 10.2 Å². The van der Waals surface area contributed by atoms with Crippen molar-refractivity contribution in [3.8, 4) is 0 Å². The lowest BCUT2D eigenvalue weighted by Crippen LogP contribution is -2.52. The number of carbonyl (C=O) groups excluding carboxylic acids is 1. The van der Waals surface area contributed by atoms with Crippen LogP contribution >= 0.6 is 0 Å². The molecule has 1 fully saturated rings.